The molecule has 4 heteroatoms. The van der Waals surface area contributed by atoms with Gasteiger partial charge in [-0.25, -0.2) is 4.79 Å². The molecule has 1 saturated carbocycles. The number of amides is 1. The van der Waals surface area contributed by atoms with Crippen LogP contribution >= 0.6 is 0 Å². The molecule has 0 saturated heterocycles. The summed E-state index contributed by atoms with van der Waals surface area (Å²) in [6.07, 6.45) is 4.42. The molecule has 1 amide bonds. The Hall–Kier alpha value is -1.06. The fourth-order valence-electron chi connectivity index (χ4n) is 1.95. The van der Waals surface area contributed by atoms with Crippen molar-refractivity contribution >= 4 is 11.9 Å². The van der Waals surface area contributed by atoms with Crippen molar-refractivity contribution in [2.24, 2.45) is 5.92 Å². The van der Waals surface area contributed by atoms with Crippen molar-refractivity contribution in [1.29, 1.82) is 0 Å². The first kappa shape index (κ1) is 12.0. The summed E-state index contributed by atoms with van der Waals surface area (Å²) >= 11 is 0. The van der Waals surface area contributed by atoms with Crippen molar-refractivity contribution in [3.05, 3.63) is 0 Å². The monoisotopic (exact) mass is 213 g/mol. The highest BCUT2D eigenvalue weighted by Crippen LogP contribution is 2.23. The van der Waals surface area contributed by atoms with E-state index in [0.29, 0.717) is 5.92 Å². The fraction of sp³-hybridized carbons (Fsp3) is 0.818. The van der Waals surface area contributed by atoms with Crippen molar-refractivity contribution in [2.75, 3.05) is 6.61 Å². The molecule has 86 valence electrons. The minimum Gasteiger partial charge on any atom is -0.459 e. The number of carbonyl (C=O) groups excluding carboxylic acids is 2. The van der Waals surface area contributed by atoms with E-state index in [0.717, 1.165) is 19.3 Å². The van der Waals surface area contributed by atoms with Crippen molar-refractivity contribution in [3.8, 4) is 0 Å². The van der Waals surface area contributed by atoms with E-state index in [1.807, 2.05) is 0 Å². The molecule has 0 spiro atoms. The Balaban J connectivity index is 2.39. The van der Waals surface area contributed by atoms with E-state index in [-0.39, 0.29) is 12.6 Å². The van der Waals surface area contributed by atoms with Gasteiger partial charge in [0, 0.05) is 6.04 Å². The maximum absolute atomic E-state index is 11.4. The normalized spacial score (nSPS) is 25.7. The van der Waals surface area contributed by atoms with E-state index in [9.17, 15) is 9.59 Å². The molecule has 0 aromatic rings. The van der Waals surface area contributed by atoms with Crippen molar-refractivity contribution in [2.45, 2.75) is 45.6 Å². The van der Waals surface area contributed by atoms with E-state index in [4.69, 9.17) is 0 Å². The van der Waals surface area contributed by atoms with E-state index in [1.54, 1.807) is 6.92 Å². The van der Waals surface area contributed by atoms with Gasteiger partial charge in [-0.1, -0.05) is 19.8 Å². The predicted molar refractivity (Wildman–Crippen MR) is 56.2 cm³/mol. The summed E-state index contributed by atoms with van der Waals surface area (Å²) in [5.41, 5.74) is 0. The molecule has 0 aromatic heterocycles. The molecule has 2 atom stereocenters. The van der Waals surface area contributed by atoms with Gasteiger partial charge in [0.1, 0.15) is 0 Å². The SMILES string of the molecule is CCOC(=O)C(=O)NC1CCCCC1C. The van der Waals surface area contributed by atoms with Gasteiger partial charge in [0.05, 0.1) is 6.61 Å². The van der Waals surface area contributed by atoms with E-state index in [1.165, 1.54) is 6.42 Å². The largest absolute Gasteiger partial charge is 0.459 e. The highest BCUT2D eigenvalue weighted by atomic mass is 16.5. The second-order valence-electron chi connectivity index (χ2n) is 4.06. The lowest BCUT2D eigenvalue weighted by atomic mass is 9.86. The van der Waals surface area contributed by atoms with Crippen LogP contribution < -0.4 is 5.32 Å². The van der Waals surface area contributed by atoms with Crippen LogP contribution in [0.2, 0.25) is 0 Å². The zero-order valence-electron chi connectivity index (χ0n) is 9.41. The van der Waals surface area contributed by atoms with Crippen LogP contribution in [-0.4, -0.2) is 24.5 Å². The molecule has 15 heavy (non-hydrogen) atoms. The smallest absolute Gasteiger partial charge is 0.396 e. The van der Waals surface area contributed by atoms with Crippen LogP contribution in [0.15, 0.2) is 0 Å². The van der Waals surface area contributed by atoms with Crippen molar-refractivity contribution < 1.29 is 14.3 Å². The quantitative estimate of drug-likeness (QED) is 0.554. The van der Waals surface area contributed by atoms with Crippen LogP contribution in [0.1, 0.15) is 39.5 Å². The Labute approximate surface area is 90.4 Å². The number of hydrogen-bond donors (Lipinski definition) is 1. The highest BCUT2D eigenvalue weighted by Gasteiger charge is 2.25. The second kappa shape index (κ2) is 5.73. The van der Waals surface area contributed by atoms with Crippen molar-refractivity contribution in [1.82, 2.24) is 5.32 Å². The van der Waals surface area contributed by atoms with Crippen LogP contribution in [-0.2, 0) is 14.3 Å². The molecule has 4 nitrogen and oxygen atoms in total. The molecule has 2 unspecified atom stereocenters. The maximum Gasteiger partial charge on any atom is 0.396 e. The molecule has 1 aliphatic rings. The number of hydrogen-bond acceptors (Lipinski definition) is 3. The Kier molecular flexibility index (Phi) is 4.59. The number of nitrogens with one attached hydrogen (secondary N) is 1. The Morgan fingerprint density at radius 1 is 1.33 bits per heavy atom. The average Bonchev–Trinajstić information content (AvgIpc) is 2.21. The first-order chi connectivity index (χ1) is 7.15. The van der Waals surface area contributed by atoms with Crippen LogP contribution in [0.4, 0.5) is 0 Å². The van der Waals surface area contributed by atoms with Crippen LogP contribution in [0.3, 0.4) is 0 Å². The number of ether oxygens (including phenoxy) is 1. The number of esters is 1. The summed E-state index contributed by atoms with van der Waals surface area (Å²) < 4.78 is 4.63. The van der Waals surface area contributed by atoms with Gasteiger partial charge in [-0.2, -0.15) is 0 Å². The van der Waals surface area contributed by atoms with Gasteiger partial charge in [0.2, 0.25) is 0 Å². The van der Waals surface area contributed by atoms with Crippen molar-refractivity contribution in [3.63, 3.8) is 0 Å². The minimum atomic E-state index is -0.768. The summed E-state index contributed by atoms with van der Waals surface area (Å²) in [6, 6.07) is 0.135. The summed E-state index contributed by atoms with van der Waals surface area (Å²) in [4.78, 5) is 22.5. The molecule has 1 N–H and O–H groups in total. The Morgan fingerprint density at radius 3 is 2.60 bits per heavy atom. The molecule has 0 aromatic carbocycles. The van der Waals surface area contributed by atoms with Gasteiger partial charge in [-0.3, -0.25) is 4.79 Å². The first-order valence-corrected chi connectivity index (χ1v) is 5.62. The summed E-state index contributed by atoms with van der Waals surface area (Å²) in [5, 5.41) is 2.74. The summed E-state index contributed by atoms with van der Waals surface area (Å²) in [5.74, 6) is -0.914. The molecule has 1 fully saturated rings. The van der Waals surface area contributed by atoms with Gasteiger partial charge in [-0.15, -0.1) is 0 Å². The summed E-state index contributed by atoms with van der Waals surface area (Å²) in [7, 11) is 0. The van der Waals surface area contributed by atoms with E-state index < -0.39 is 11.9 Å². The molecular weight excluding hydrogens is 194 g/mol. The van der Waals surface area contributed by atoms with Crippen LogP contribution in [0, 0.1) is 5.92 Å². The van der Waals surface area contributed by atoms with Gasteiger partial charge >= 0.3 is 11.9 Å². The summed E-state index contributed by atoms with van der Waals surface area (Å²) in [6.45, 7) is 4.04. The molecule has 0 heterocycles. The first-order valence-electron chi connectivity index (χ1n) is 5.62. The minimum absolute atomic E-state index is 0.135. The Bertz CT molecular complexity index is 240. The van der Waals surface area contributed by atoms with Gasteiger partial charge < -0.3 is 10.1 Å². The molecular formula is C11H19NO3. The standard InChI is InChI=1S/C11H19NO3/c1-3-15-11(14)10(13)12-9-7-5-4-6-8(9)2/h8-9H,3-7H2,1-2H3,(H,12,13). The number of rotatable bonds is 2. The van der Waals surface area contributed by atoms with Crippen LogP contribution in [0.25, 0.3) is 0 Å². The lowest BCUT2D eigenvalue weighted by molar-refractivity contribution is -0.155. The van der Waals surface area contributed by atoms with Gasteiger partial charge in [0.25, 0.3) is 0 Å². The third kappa shape index (κ3) is 3.53. The molecule has 0 bridgehead atoms. The average molecular weight is 213 g/mol. The third-order valence-corrected chi connectivity index (χ3v) is 2.89. The maximum atomic E-state index is 11.4. The predicted octanol–water partition coefficient (Wildman–Crippen LogP) is 1.24. The topological polar surface area (TPSA) is 55.4 Å². The second-order valence-corrected chi connectivity index (χ2v) is 4.06. The van der Waals surface area contributed by atoms with E-state index in [2.05, 4.69) is 17.0 Å². The lowest BCUT2D eigenvalue weighted by Gasteiger charge is -2.28. The van der Waals surface area contributed by atoms with Gasteiger partial charge in [-0.05, 0) is 25.7 Å². The zero-order chi connectivity index (χ0) is 11.3. The molecule has 0 aliphatic heterocycles. The van der Waals surface area contributed by atoms with E-state index >= 15 is 0 Å². The van der Waals surface area contributed by atoms with Gasteiger partial charge in [0.15, 0.2) is 0 Å². The highest BCUT2D eigenvalue weighted by molar-refractivity contribution is 6.32. The third-order valence-electron chi connectivity index (χ3n) is 2.89. The molecule has 0 radical (unpaired) electrons. The molecule has 1 aliphatic carbocycles. The lowest BCUT2D eigenvalue weighted by Crippen LogP contribution is -2.44. The zero-order valence-corrected chi connectivity index (χ0v) is 9.41. The number of carbonyl (C=O) groups is 2. The fourth-order valence-corrected chi connectivity index (χ4v) is 1.95. The Morgan fingerprint density at radius 2 is 2.00 bits per heavy atom. The van der Waals surface area contributed by atoms with Crippen LogP contribution in [0.5, 0.6) is 0 Å². The molecule has 1 rings (SSSR count).